The van der Waals surface area contributed by atoms with Crippen LogP contribution in [-0.2, 0) is 38.1 Å². The number of hydrogen-bond donors (Lipinski definition) is 1. The molecule has 12 nitrogen and oxygen atoms in total. The zero-order valence-electron chi connectivity index (χ0n) is 33.2. The van der Waals surface area contributed by atoms with Crippen molar-refractivity contribution in [3.63, 3.8) is 0 Å². The summed E-state index contributed by atoms with van der Waals surface area (Å²) in [5, 5.41) is 2.82. The minimum Gasteiger partial charge on any atom is -0.457 e. The second-order valence-electron chi connectivity index (χ2n) is 16.3. The molecule has 3 aliphatic rings. The van der Waals surface area contributed by atoms with Crippen molar-refractivity contribution >= 4 is 35.2 Å². The van der Waals surface area contributed by atoms with Gasteiger partial charge in [-0.2, -0.15) is 4.37 Å². The third kappa shape index (κ3) is 8.57. The van der Waals surface area contributed by atoms with E-state index in [0.717, 1.165) is 17.0 Å². The number of amides is 1. The molecule has 1 N–H and O–H groups in total. The Morgan fingerprint density at radius 3 is 2.33 bits per heavy atom. The van der Waals surface area contributed by atoms with Crippen molar-refractivity contribution in [2.75, 3.05) is 20.7 Å². The molecule has 4 heterocycles. The molecule has 0 aromatic carbocycles. The number of alkyl carbamates (subject to hydrolysis) is 1. The van der Waals surface area contributed by atoms with Crippen LogP contribution in [0.1, 0.15) is 99.1 Å². The van der Waals surface area contributed by atoms with Gasteiger partial charge in [0.15, 0.2) is 17.7 Å². The van der Waals surface area contributed by atoms with E-state index in [1.54, 1.807) is 41.5 Å². The predicted molar refractivity (Wildman–Crippen MR) is 196 cm³/mol. The highest BCUT2D eigenvalue weighted by molar-refractivity contribution is 7.06. The quantitative estimate of drug-likeness (QED) is 0.229. The number of aromatic nitrogens is 1. The van der Waals surface area contributed by atoms with Crippen LogP contribution in [-0.4, -0.2) is 101 Å². The largest absolute Gasteiger partial charge is 0.457 e. The highest BCUT2D eigenvalue weighted by Crippen LogP contribution is 2.42. The molecule has 0 saturated carbocycles. The van der Waals surface area contributed by atoms with Crippen molar-refractivity contribution in [2.24, 2.45) is 29.1 Å². The lowest BCUT2D eigenvalue weighted by Crippen LogP contribution is -2.60. The maximum atomic E-state index is 14.7. The van der Waals surface area contributed by atoms with Crippen LogP contribution >= 0.6 is 11.5 Å². The number of aryl methyl sites for hydroxylation is 1. The van der Waals surface area contributed by atoms with Crippen LogP contribution in [0.25, 0.3) is 0 Å². The number of nitrogens with zero attached hydrogens (tertiary/aromatic N) is 2. The summed E-state index contributed by atoms with van der Waals surface area (Å²) in [6.45, 7) is 19.6. The molecule has 1 amide bonds. The molecule has 0 bridgehead atoms. The lowest BCUT2D eigenvalue weighted by Gasteiger charge is -2.48. The van der Waals surface area contributed by atoms with Crippen LogP contribution in [0.4, 0.5) is 4.79 Å². The predicted octanol–water partition coefficient (Wildman–Crippen LogP) is 5.33. The molecule has 1 aromatic heterocycles. The Labute approximate surface area is 313 Å². The number of hydrogen-bond acceptors (Lipinski definition) is 12. The van der Waals surface area contributed by atoms with Gasteiger partial charge in [0.05, 0.1) is 34.4 Å². The number of rotatable bonds is 6. The summed E-state index contributed by atoms with van der Waals surface area (Å²) in [4.78, 5) is 58.8. The molecule has 4 rings (SSSR count). The first-order valence-electron chi connectivity index (χ1n) is 18.5. The fourth-order valence-corrected chi connectivity index (χ4v) is 9.02. The second kappa shape index (κ2) is 16.2. The van der Waals surface area contributed by atoms with Gasteiger partial charge in [-0.1, -0.05) is 46.5 Å². The fourth-order valence-electron chi connectivity index (χ4n) is 8.38. The number of ketones is 2. The average Bonchev–Trinajstić information content (AvgIpc) is 3.64. The lowest BCUT2D eigenvalue weighted by atomic mass is 9.71. The Morgan fingerprint density at radius 1 is 1.06 bits per heavy atom. The molecule has 1 aromatic rings. The number of Topliss-reactive ketones (excluding diaryl/α,β-unsaturated/α-hetero) is 2. The molecule has 290 valence electrons. The number of carbonyl (C=O) groups excluding carboxylic acids is 4. The van der Waals surface area contributed by atoms with Gasteiger partial charge < -0.3 is 33.9 Å². The molecular weight excluding hydrogens is 687 g/mol. The molecule has 0 spiro atoms. The minimum absolute atomic E-state index is 0.0311. The fraction of sp³-hybridized carbons (Fsp3) is 0.769. The van der Waals surface area contributed by atoms with Gasteiger partial charge in [0.1, 0.15) is 23.9 Å². The average molecular weight is 746 g/mol. The molecule has 0 radical (unpaired) electrons. The Kier molecular flexibility index (Phi) is 13.1. The number of nitrogens with one attached hydrogen (secondary N) is 1. The van der Waals surface area contributed by atoms with Crippen LogP contribution < -0.4 is 5.32 Å². The normalized spacial score (nSPS) is 38.7. The van der Waals surface area contributed by atoms with Gasteiger partial charge in [-0.3, -0.25) is 14.4 Å². The highest BCUT2D eigenvalue weighted by atomic mass is 32.1. The molecular formula is C39H59N3O9S. The van der Waals surface area contributed by atoms with Gasteiger partial charge in [0.2, 0.25) is 0 Å². The topological polar surface area (TPSA) is 143 Å². The maximum absolute atomic E-state index is 14.7. The second-order valence-corrected chi connectivity index (χ2v) is 17.1. The highest BCUT2D eigenvalue weighted by Gasteiger charge is 2.58. The van der Waals surface area contributed by atoms with Crippen LogP contribution in [0, 0.1) is 47.9 Å². The van der Waals surface area contributed by atoms with E-state index in [-0.39, 0.29) is 43.3 Å². The third-order valence-corrected chi connectivity index (χ3v) is 12.2. The van der Waals surface area contributed by atoms with E-state index in [2.05, 4.69) is 33.4 Å². The van der Waals surface area contributed by atoms with Crippen molar-refractivity contribution < 1.29 is 42.9 Å². The molecule has 3 saturated heterocycles. The summed E-state index contributed by atoms with van der Waals surface area (Å²) in [5.74, 6) is 2.49. The molecule has 13 heteroatoms. The standard InChI is InChI=1S/C39H59N3O9S/c1-14-29-39(11)31(40-36(46)51-39)25(6)30(43)21(2)20-38(10,47-17-15-16-27-18-22(3)41-52-27)33(26(7)32(44)37(8,9)35(45)49-29)50-34-24(5)28(42(12)13)19-23(4)48-34/h18,21,23-26,28-29,31,33-34H,14,17,19-20H2,1-13H3,(H,40,46)/t21-,23-,24-,25+,26+,28+,29-,31-,33-,34+,38+,39-/m1/s1. The van der Waals surface area contributed by atoms with E-state index in [4.69, 9.17) is 23.7 Å². The summed E-state index contributed by atoms with van der Waals surface area (Å²) < 4.78 is 36.2. The van der Waals surface area contributed by atoms with Crippen molar-refractivity contribution in [3.8, 4) is 11.8 Å². The number of esters is 1. The molecule has 52 heavy (non-hydrogen) atoms. The monoisotopic (exact) mass is 745 g/mol. The molecule has 0 aliphatic carbocycles. The van der Waals surface area contributed by atoms with Crippen LogP contribution in [0.2, 0.25) is 0 Å². The summed E-state index contributed by atoms with van der Waals surface area (Å²) in [7, 11) is 4.05. The Bertz CT molecular complexity index is 1550. The van der Waals surface area contributed by atoms with Gasteiger partial charge in [-0.15, -0.1) is 0 Å². The first-order valence-corrected chi connectivity index (χ1v) is 19.3. The molecule has 3 fully saturated rings. The molecule has 12 atom stereocenters. The van der Waals surface area contributed by atoms with E-state index in [1.807, 2.05) is 47.9 Å². The summed E-state index contributed by atoms with van der Waals surface area (Å²) in [6, 6.07) is 1.22. The summed E-state index contributed by atoms with van der Waals surface area (Å²) in [5.41, 5.74) is -3.41. The van der Waals surface area contributed by atoms with E-state index >= 15 is 0 Å². The Balaban J connectivity index is 1.84. The zero-order valence-corrected chi connectivity index (χ0v) is 34.0. The van der Waals surface area contributed by atoms with E-state index in [1.165, 1.54) is 11.5 Å². The molecule has 3 aliphatic heterocycles. The van der Waals surface area contributed by atoms with Crippen molar-refractivity contribution in [1.29, 1.82) is 0 Å². The van der Waals surface area contributed by atoms with Gasteiger partial charge in [-0.25, -0.2) is 4.79 Å². The van der Waals surface area contributed by atoms with E-state index < -0.39 is 76.8 Å². The first-order chi connectivity index (χ1) is 24.2. The van der Waals surface area contributed by atoms with Crippen LogP contribution in [0.15, 0.2) is 6.07 Å². The maximum Gasteiger partial charge on any atom is 0.408 e. The van der Waals surface area contributed by atoms with Crippen LogP contribution in [0.5, 0.6) is 0 Å². The number of cyclic esters (lactones) is 1. The number of carbonyl (C=O) groups is 4. The lowest BCUT2D eigenvalue weighted by molar-refractivity contribution is -0.282. The van der Waals surface area contributed by atoms with Crippen molar-refractivity contribution in [2.45, 2.75) is 143 Å². The summed E-state index contributed by atoms with van der Waals surface area (Å²) in [6.07, 6.45) is -2.23. The van der Waals surface area contributed by atoms with Gasteiger partial charge in [0, 0.05) is 29.7 Å². The number of ether oxygens (including phenoxy) is 5. The van der Waals surface area contributed by atoms with Crippen LogP contribution in [0.3, 0.4) is 0 Å². The third-order valence-electron chi connectivity index (χ3n) is 11.4. The molecule has 0 unspecified atom stereocenters. The van der Waals surface area contributed by atoms with Crippen molar-refractivity contribution in [1.82, 2.24) is 14.6 Å². The Morgan fingerprint density at radius 2 is 1.73 bits per heavy atom. The van der Waals surface area contributed by atoms with E-state index in [9.17, 15) is 19.2 Å². The van der Waals surface area contributed by atoms with Gasteiger partial charge in [0.25, 0.3) is 0 Å². The summed E-state index contributed by atoms with van der Waals surface area (Å²) >= 11 is 1.29. The van der Waals surface area contributed by atoms with Crippen molar-refractivity contribution in [3.05, 3.63) is 16.6 Å². The van der Waals surface area contributed by atoms with E-state index in [0.29, 0.717) is 0 Å². The Hall–Kier alpha value is -2.89. The van der Waals surface area contributed by atoms with Gasteiger partial charge >= 0.3 is 12.1 Å². The minimum atomic E-state index is -1.63. The SMILES string of the molecule is CC[C@H]1OC(=O)C(C)(C)C(=O)[C@H](C)[C@@H](O[C@@H]2O[C@H](C)C[C@H](N(C)C)[C@H]2C)[C@@](C)(OCC#Cc2cc(C)ns2)C[C@@H](C)C(=O)[C@H](C)[C@H]2NC(=O)O[C@@]21C. The smallest absolute Gasteiger partial charge is 0.408 e. The first kappa shape index (κ1) is 41.9. The zero-order chi connectivity index (χ0) is 38.9. The van der Waals surface area contributed by atoms with Gasteiger partial charge in [-0.05, 0) is 92.5 Å². The number of fused-ring (bicyclic) bond motifs is 1.